The standard InChI is InChI=1S/C15H19N3O2/c1-15(2)10-18(8-12(9-19)20-15)14-13-6-4-3-5-11(13)7-16-17-14/h3-7,12,19H,8-10H2,1-2H3. The first-order chi connectivity index (χ1) is 9.59. The molecule has 0 aliphatic carbocycles. The number of fused-ring (bicyclic) bond motifs is 1. The number of aliphatic hydroxyl groups excluding tert-OH is 1. The van der Waals surface area contributed by atoms with Crippen molar-refractivity contribution >= 4 is 16.6 Å². The van der Waals surface area contributed by atoms with E-state index in [1.54, 1.807) is 6.20 Å². The predicted molar refractivity (Wildman–Crippen MR) is 77.8 cm³/mol. The molecule has 0 spiro atoms. The normalized spacial score (nSPS) is 22.1. The molecule has 0 amide bonds. The highest BCUT2D eigenvalue weighted by Gasteiger charge is 2.34. The Balaban J connectivity index is 2.01. The van der Waals surface area contributed by atoms with Crippen molar-refractivity contribution in [2.45, 2.75) is 25.6 Å². The first-order valence-electron chi connectivity index (χ1n) is 6.83. The Bertz CT molecular complexity index is 610. The van der Waals surface area contributed by atoms with E-state index in [1.165, 1.54) is 0 Å². The van der Waals surface area contributed by atoms with Crippen LogP contribution in [-0.2, 0) is 4.74 Å². The zero-order valence-corrected chi connectivity index (χ0v) is 11.8. The minimum Gasteiger partial charge on any atom is -0.394 e. The first kappa shape index (κ1) is 13.3. The van der Waals surface area contributed by atoms with Gasteiger partial charge in [0.1, 0.15) is 0 Å². The van der Waals surface area contributed by atoms with Crippen LogP contribution in [0.15, 0.2) is 30.5 Å². The third-order valence-corrected chi connectivity index (χ3v) is 3.54. The van der Waals surface area contributed by atoms with Gasteiger partial charge in [0.25, 0.3) is 0 Å². The van der Waals surface area contributed by atoms with Crippen molar-refractivity contribution in [3.63, 3.8) is 0 Å². The second-order valence-corrected chi connectivity index (χ2v) is 5.82. The van der Waals surface area contributed by atoms with Crippen molar-refractivity contribution in [2.75, 3.05) is 24.6 Å². The monoisotopic (exact) mass is 273 g/mol. The number of anilines is 1. The van der Waals surface area contributed by atoms with Crippen LogP contribution in [0.25, 0.3) is 10.8 Å². The molecule has 20 heavy (non-hydrogen) atoms. The van der Waals surface area contributed by atoms with E-state index >= 15 is 0 Å². The van der Waals surface area contributed by atoms with Crippen molar-refractivity contribution in [1.82, 2.24) is 10.2 Å². The lowest BCUT2D eigenvalue weighted by atomic mass is 10.0. The topological polar surface area (TPSA) is 58.5 Å². The number of ether oxygens (including phenoxy) is 1. The average molecular weight is 273 g/mol. The zero-order valence-electron chi connectivity index (χ0n) is 11.8. The van der Waals surface area contributed by atoms with Gasteiger partial charge in [-0.25, -0.2) is 0 Å². The molecule has 1 atom stereocenters. The van der Waals surface area contributed by atoms with Crippen molar-refractivity contribution in [2.24, 2.45) is 0 Å². The summed E-state index contributed by atoms with van der Waals surface area (Å²) in [6, 6.07) is 8.08. The van der Waals surface area contributed by atoms with Crippen LogP contribution in [0.4, 0.5) is 5.82 Å². The van der Waals surface area contributed by atoms with E-state index in [2.05, 4.69) is 21.2 Å². The van der Waals surface area contributed by atoms with Crippen molar-refractivity contribution in [3.8, 4) is 0 Å². The predicted octanol–water partition coefficient (Wildman–Crippen LogP) is 1.61. The highest BCUT2D eigenvalue weighted by atomic mass is 16.5. The van der Waals surface area contributed by atoms with E-state index in [0.717, 1.165) is 23.1 Å². The van der Waals surface area contributed by atoms with E-state index in [1.807, 2.05) is 32.0 Å². The first-order valence-corrected chi connectivity index (χ1v) is 6.83. The second kappa shape index (κ2) is 5.00. The van der Waals surface area contributed by atoms with Crippen molar-refractivity contribution < 1.29 is 9.84 Å². The SMILES string of the molecule is CC1(C)CN(c2nncc3ccccc23)CC(CO)O1. The summed E-state index contributed by atoms with van der Waals surface area (Å²) in [7, 11) is 0. The minimum atomic E-state index is -0.315. The Morgan fingerprint density at radius 3 is 3.00 bits per heavy atom. The molecule has 2 heterocycles. The fraction of sp³-hybridized carbons (Fsp3) is 0.467. The molecule has 2 aromatic rings. The lowest BCUT2D eigenvalue weighted by Gasteiger charge is -2.42. The number of aliphatic hydroxyl groups is 1. The van der Waals surface area contributed by atoms with Crippen molar-refractivity contribution in [3.05, 3.63) is 30.5 Å². The molecule has 1 aliphatic heterocycles. The van der Waals surface area contributed by atoms with E-state index in [4.69, 9.17) is 4.74 Å². The molecule has 5 heteroatoms. The molecule has 3 rings (SSSR count). The van der Waals surface area contributed by atoms with Crippen LogP contribution >= 0.6 is 0 Å². The molecule has 0 bridgehead atoms. The summed E-state index contributed by atoms with van der Waals surface area (Å²) in [5.41, 5.74) is -0.315. The average Bonchev–Trinajstić information content (AvgIpc) is 2.45. The molecule has 1 unspecified atom stereocenters. The van der Waals surface area contributed by atoms with Crippen LogP contribution in [0.2, 0.25) is 0 Å². The van der Waals surface area contributed by atoms with Gasteiger partial charge in [-0.2, -0.15) is 5.10 Å². The van der Waals surface area contributed by atoms with Crippen LogP contribution in [0.5, 0.6) is 0 Å². The molecule has 0 radical (unpaired) electrons. The number of aromatic nitrogens is 2. The molecule has 106 valence electrons. The smallest absolute Gasteiger partial charge is 0.159 e. The highest BCUT2D eigenvalue weighted by molar-refractivity contribution is 5.91. The minimum absolute atomic E-state index is 0.0120. The maximum Gasteiger partial charge on any atom is 0.159 e. The Hall–Kier alpha value is -1.72. The number of morpholine rings is 1. The summed E-state index contributed by atoms with van der Waals surface area (Å²) in [6.45, 7) is 5.42. The van der Waals surface area contributed by atoms with Gasteiger partial charge in [0.2, 0.25) is 0 Å². The van der Waals surface area contributed by atoms with E-state index in [9.17, 15) is 5.11 Å². The summed E-state index contributed by atoms with van der Waals surface area (Å²) in [5, 5.41) is 20.0. The Morgan fingerprint density at radius 2 is 2.20 bits per heavy atom. The third kappa shape index (κ3) is 2.46. The summed E-state index contributed by atoms with van der Waals surface area (Å²) < 4.78 is 5.85. The summed E-state index contributed by atoms with van der Waals surface area (Å²) in [4.78, 5) is 2.15. The molecule has 1 aromatic carbocycles. The van der Waals surface area contributed by atoms with Gasteiger partial charge in [0, 0.05) is 23.9 Å². The van der Waals surface area contributed by atoms with Gasteiger partial charge in [-0.15, -0.1) is 5.10 Å². The second-order valence-electron chi connectivity index (χ2n) is 5.82. The number of hydrogen-bond acceptors (Lipinski definition) is 5. The Morgan fingerprint density at radius 1 is 1.40 bits per heavy atom. The molecular weight excluding hydrogens is 254 g/mol. The lowest BCUT2D eigenvalue weighted by molar-refractivity contribution is -0.101. The molecule has 1 aliphatic rings. The van der Waals surface area contributed by atoms with Gasteiger partial charge in [-0.3, -0.25) is 0 Å². The number of hydrogen-bond donors (Lipinski definition) is 1. The van der Waals surface area contributed by atoms with Gasteiger partial charge in [0.05, 0.1) is 24.5 Å². The van der Waals surface area contributed by atoms with E-state index < -0.39 is 0 Å². The lowest BCUT2D eigenvalue weighted by Crippen LogP contribution is -2.54. The van der Waals surface area contributed by atoms with Crippen LogP contribution in [0, 0.1) is 0 Å². The van der Waals surface area contributed by atoms with Crippen LogP contribution in [0.3, 0.4) is 0 Å². The molecule has 1 fully saturated rings. The van der Waals surface area contributed by atoms with Gasteiger partial charge in [-0.05, 0) is 13.8 Å². The van der Waals surface area contributed by atoms with E-state index in [0.29, 0.717) is 6.54 Å². The quantitative estimate of drug-likeness (QED) is 0.900. The maximum atomic E-state index is 9.41. The van der Waals surface area contributed by atoms with E-state index in [-0.39, 0.29) is 18.3 Å². The van der Waals surface area contributed by atoms with Crippen LogP contribution in [0.1, 0.15) is 13.8 Å². The molecule has 5 nitrogen and oxygen atoms in total. The highest BCUT2D eigenvalue weighted by Crippen LogP contribution is 2.29. The van der Waals surface area contributed by atoms with Gasteiger partial charge in [-0.1, -0.05) is 24.3 Å². The Labute approximate surface area is 118 Å². The third-order valence-electron chi connectivity index (χ3n) is 3.54. The number of rotatable bonds is 2. The Kier molecular flexibility index (Phi) is 3.31. The maximum absolute atomic E-state index is 9.41. The molecule has 1 saturated heterocycles. The zero-order chi connectivity index (χ0) is 14.2. The largest absolute Gasteiger partial charge is 0.394 e. The number of nitrogens with zero attached hydrogens (tertiary/aromatic N) is 3. The van der Waals surface area contributed by atoms with Crippen LogP contribution in [-0.4, -0.2) is 46.7 Å². The summed E-state index contributed by atoms with van der Waals surface area (Å²) in [5.74, 6) is 0.859. The van der Waals surface area contributed by atoms with Gasteiger partial charge in [0.15, 0.2) is 5.82 Å². The number of benzene rings is 1. The van der Waals surface area contributed by atoms with Gasteiger partial charge >= 0.3 is 0 Å². The summed E-state index contributed by atoms with van der Waals surface area (Å²) in [6.07, 6.45) is 1.58. The fourth-order valence-electron chi connectivity index (χ4n) is 2.80. The molecule has 1 N–H and O–H groups in total. The van der Waals surface area contributed by atoms with Crippen molar-refractivity contribution in [1.29, 1.82) is 0 Å². The van der Waals surface area contributed by atoms with Gasteiger partial charge < -0.3 is 14.7 Å². The molecule has 1 aromatic heterocycles. The van der Waals surface area contributed by atoms with Crippen LogP contribution < -0.4 is 4.90 Å². The molecule has 0 saturated carbocycles. The summed E-state index contributed by atoms with van der Waals surface area (Å²) >= 11 is 0. The fourth-order valence-corrected chi connectivity index (χ4v) is 2.80. The molecular formula is C15H19N3O2.